The second kappa shape index (κ2) is 9.07. The summed E-state index contributed by atoms with van der Waals surface area (Å²) in [4.78, 5) is 24.7. The highest BCUT2D eigenvalue weighted by Gasteiger charge is 2.40. The number of fused-ring (bicyclic) bond motifs is 1. The highest BCUT2D eigenvalue weighted by Crippen LogP contribution is 2.31. The summed E-state index contributed by atoms with van der Waals surface area (Å²) in [6.07, 6.45) is 2.96. The maximum atomic E-state index is 12.5. The molecule has 2 aliphatic rings. The predicted octanol–water partition coefficient (Wildman–Crippen LogP) is 1.77. The Morgan fingerprint density at radius 1 is 1.00 bits per heavy atom. The number of ether oxygens (including phenoxy) is 1. The molecule has 0 spiro atoms. The molecule has 0 bridgehead atoms. The third-order valence-electron chi connectivity index (χ3n) is 5.66. The lowest BCUT2D eigenvalue weighted by molar-refractivity contribution is -0.133. The Bertz CT molecular complexity index is 858. The molecule has 4 rings (SSSR count). The molecule has 1 heterocycles. The molecule has 0 aromatic heterocycles. The van der Waals surface area contributed by atoms with Gasteiger partial charge in [-0.25, -0.2) is 0 Å². The van der Waals surface area contributed by atoms with Crippen molar-refractivity contribution in [1.82, 2.24) is 21.7 Å². The van der Waals surface area contributed by atoms with E-state index in [0.717, 1.165) is 36.9 Å². The minimum Gasteiger partial charge on any atom is -0.483 e. The van der Waals surface area contributed by atoms with Gasteiger partial charge >= 0.3 is 0 Å². The number of hydrogen-bond acceptors (Lipinski definition) is 5. The second-order valence-electron chi connectivity index (χ2n) is 7.54. The van der Waals surface area contributed by atoms with Crippen molar-refractivity contribution in [2.75, 3.05) is 13.2 Å². The van der Waals surface area contributed by atoms with Crippen molar-refractivity contribution in [2.45, 2.75) is 25.3 Å². The van der Waals surface area contributed by atoms with Crippen LogP contribution in [0.15, 0.2) is 54.6 Å². The topological polar surface area (TPSA) is 91.5 Å². The first-order chi connectivity index (χ1) is 14.2. The van der Waals surface area contributed by atoms with Crippen LogP contribution in [-0.4, -0.2) is 31.0 Å². The monoisotopic (exact) mass is 394 g/mol. The van der Waals surface area contributed by atoms with Crippen LogP contribution in [0.5, 0.6) is 5.75 Å². The Morgan fingerprint density at radius 2 is 1.79 bits per heavy atom. The fourth-order valence-corrected chi connectivity index (χ4v) is 4.19. The smallest absolute Gasteiger partial charge is 0.276 e. The molecule has 1 saturated heterocycles. The van der Waals surface area contributed by atoms with Gasteiger partial charge in [-0.05, 0) is 30.4 Å². The molecule has 3 unspecified atom stereocenters. The van der Waals surface area contributed by atoms with Crippen LogP contribution in [0, 0.1) is 11.8 Å². The summed E-state index contributed by atoms with van der Waals surface area (Å²) in [5, 5.41) is 0. The minimum atomic E-state index is -0.397. The molecular weight excluding hydrogens is 368 g/mol. The standard InChI is InChI=1S/C22H26N4O3/c27-20(24-26-22(28)18-11-6-9-16-13-23-25-21(16)18)14-29-19-12-5-4-10-17(19)15-7-2-1-3-8-15/h1-5,7-8,10,12,16,18,21,23,25H,6,9,11,13-14H2,(H,24,27)(H,26,28). The highest BCUT2D eigenvalue weighted by molar-refractivity contribution is 5.84. The van der Waals surface area contributed by atoms with Crippen LogP contribution in [-0.2, 0) is 9.59 Å². The lowest BCUT2D eigenvalue weighted by Crippen LogP contribution is -2.52. The van der Waals surface area contributed by atoms with E-state index in [1.807, 2.05) is 54.6 Å². The molecule has 3 atom stereocenters. The average molecular weight is 394 g/mol. The molecule has 0 radical (unpaired) electrons. The summed E-state index contributed by atoms with van der Waals surface area (Å²) in [7, 11) is 0. The summed E-state index contributed by atoms with van der Waals surface area (Å²) < 4.78 is 5.71. The van der Waals surface area contributed by atoms with Crippen molar-refractivity contribution in [3.05, 3.63) is 54.6 Å². The minimum absolute atomic E-state index is 0.120. The largest absolute Gasteiger partial charge is 0.483 e. The zero-order valence-corrected chi connectivity index (χ0v) is 16.2. The van der Waals surface area contributed by atoms with E-state index in [-0.39, 0.29) is 24.5 Å². The first-order valence-electron chi connectivity index (χ1n) is 10.1. The van der Waals surface area contributed by atoms with Gasteiger partial charge in [0.2, 0.25) is 5.91 Å². The fourth-order valence-electron chi connectivity index (χ4n) is 4.19. The van der Waals surface area contributed by atoms with Crippen LogP contribution in [0.1, 0.15) is 19.3 Å². The summed E-state index contributed by atoms with van der Waals surface area (Å²) in [5.41, 5.74) is 13.3. The van der Waals surface area contributed by atoms with Gasteiger partial charge in [0.25, 0.3) is 5.91 Å². The van der Waals surface area contributed by atoms with Gasteiger partial charge in [-0.3, -0.25) is 31.3 Å². The van der Waals surface area contributed by atoms with Gasteiger partial charge in [0.05, 0.1) is 5.92 Å². The van der Waals surface area contributed by atoms with E-state index < -0.39 is 5.91 Å². The van der Waals surface area contributed by atoms with Crippen molar-refractivity contribution in [3.63, 3.8) is 0 Å². The lowest BCUT2D eigenvalue weighted by atomic mass is 9.78. The molecule has 7 nitrogen and oxygen atoms in total. The van der Waals surface area contributed by atoms with Gasteiger partial charge in [-0.1, -0.05) is 55.0 Å². The zero-order valence-electron chi connectivity index (χ0n) is 16.2. The number of para-hydroxylation sites is 1. The van der Waals surface area contributed by atoms with E-state index in [0.29, 0.717) is 11.7 Å². The number of hydrazine groups is 2. The van der Waals surface area contributed by atoms with Crippen LogP contribution in [0.3, 0.4) is 0 Å². The maximum Gasteiger partial charge on any atom is 0.276 e. The highest BCUT2D eigenvalue weighted by atomic mass is 16.5. The van der Waals surface area contributed by atoms with Gasteiger partial charge in [0.1, 0.15) is 5.75 Å². The molecular formula is C22H26N4O3. The third kappa shape index (κ3) is 4.58. The molecule has 1 aliphatic carbocycles. The van der Waals surface area contributed by atoms with E-state index in [1.54, 1.807) is 0 Å². The predicted molar refractivity (Wildman–Crippen MR) is 109 cm³/mol. The Kier molecular flexibility index (Phi) is 6.07. The number of rotatable bonds is 5. The van der Waals surface area contributed by atoms with E-state index >= 15 is 0 Å². The van der Waals surface area contributed by atoms with Crippen molar-refractivity contribution in [3.8, 4) is 16.9 Å². The van der Waals surface area contributed by atoms with E-state index in [1.165, 1.54) is 0 Å². The van der Waals surface area contributed by atoms with Crippen molar-refractivity contribution in [2.24, 2.45) is 11.8 Å². The Morgan fingerprint density at radius 3 is 2.66 bits per heavy atom. The lowest BCUT2D eigenvalue weighted by Gasteiger charge is -2.31. The maximum absolute atomic E-state index is 12.5. The molecule has 29 heavy (non-hydrogen) atoms. The number of amides is 2. The van der Waals surface area contributed by atoms with Gasteiger partial charge in [-0.15, -0.1) is 0 Å². The first-order valence-corrected chi connectivity index (χ1v) is 10.1. The zero-order chi connectivity index (χ0) is 20.1. The van der Waals surface area contributed by atoms with Crippen molar-refractivity contribution in [1.29, 1.82) is 0 Å². The second-order valence-corrected chi connectivity index (χ2v) is 7.54. The van der Waals surface area contributed by atoms with Gasteiger partial charge < -0.3 is 4.74 Å². The van der Waals surface area contributed by atoms with Crippen LogP contribution >= 0.6 is 0 Å². The number of carbonyl (C=O) groups is 2. The molecule has 152 valence electrons. The van der Waals surface area contributed by atoms with Gasteiger partial charge in [-0.2, -0.15) is 0 Å². The van der Waals surface area contributed by atoms with Crippen molar-refractivity contribution < 1.29 is 14.3 Å². The van der Waals surface area contributed by atoms with Crippen LogP contribution in [0.25, 0.3) is 11.1 Å². The summed E-state index contributed by atoms with van der Waals surface area (Å²) in [5.74, 6) is 0.383. The molecule has 1 aliphatic heterocycles. The quantitative estimate of drug-likeness (QED) is 0.580. The fraction of sp³-hybridized carbons (Fsp3) is 0.364. The number of benzene rings is 2. The normalized spacial score (nSPS) is 23.1. The Balaban J connectivity index is 1.29. The molecule has 2 amide bonds. The molecule has 2 aromatic carbocycles. The summed E-state index contributed by atoms with van der Waals surface area (Å²) in [6.45, 7) is 0.704. The molecule has 7 heteroatoms. The summed E-state index contributed by atoms with van der Waals surface area (Å²) in [6, 6.07) is 17.5. The van der Waals surface area contributed by atoms with Gasteiger partial charge in [0.15, 0.2) is 6.61 Å². The SMILES string of the molecule is O=C(COc1ccccc1-c1ccccc1)NNC(=O)C1CCCC2CNNC21. The summed E-state index contributed by atoms with van der Waals surface area (Å²) >= 11 is 0. The van der Waals surface area contributed by atoms with E-state index in [2.05, 4.69) is 21.7 Å². The van der Waals surface area contributed by atoms with Crippen LogP contribution in [0.2, 0.25) is 0 Å². The third-order valence-corrected chi connectivity index (χ3v) is 5.66. The average Bonchev–Trinajstić information content (AvgIpc) is 3.26. The van der Waals surface area contributed by atoms with E-state index in [9.17, 15) is 9.59 Å². The van der Waals surface area contributed by atoms with Crippen LogP contribution < -0.4 is 26.4 Å². The number of hydrogen-bond donors (Lipinski definition) is 4. The molecule has 2 aromatic rings. The molecule has 4 N–H and O–H groups in total. The number of carbonyl (C=O) groups excluding carboxylic acids is 2. The van der Waals surface area contributed by atoms with Gasteiger partial charge in [0, 0.05) is 18.2 Å². The Hall–Kier alpha value is -2.90. The van der Waals surface area contributed by atoms with E-state index in [4.69, 9.17) is 4.74 Å². The first kappa shape index (κ1) is 19.4. The Labute approximate surface area is 170 Å². The molecule has 1 saturated carbocycles. The number of nitrogens with one attached hydrogen (secondary N) is 4. The van der Waals surface area contributed by atoms with Crippen LogP contribution in [0.4, 0.5) is 0 Å². The molecule has 2 fully saturated rings. The van der Waals surface area contributed by atoms with Crippen molar-refractivity contribution >= 4 is 11.8 Å².